The lowest BCUT2D eigenvalue weighted by atomic mass is 10.3. The van der Waals surface area contributed by atoms with Crippen LogP contribution in [-0.4, -0.2) is 37.2 Å². The van der Waals surface area contributed by atoms with Crippen LogP contribution in [-0.2, 0) is 11.0 Å². The number of alkyl halides is 3. The molecule has 0 aliphatic carbocycles. The molecule has 0 aliphatic rings. The smallest absolute Gasteiger partial charge is 0.417 e. The molecule has 0 bridgehead atoms. The van der Waals surface area contributed by atoms with Crippen LogP contribution in [0.15, 0.2) is 42.6 Å². The molecule has 2 N–H and O–H groups in total. The van der Waals surface area contributed by atoms with E-state index < -0.39 is 11.7 Å². The number of rotatable bonds is 10. The highest BCUT2D eigenvalue weighted by Gasteiger charge is 2.30. The van der Waals surface area contributed by atoms with Gasteiger partial charge in [-0.25, -0.2) is 4.98 Å². The summed E-state index contributed by atoms with van der Waals surface area (Å²) in [5.74, 6) is 1.27. The number of nitrogens with one attached hydrogen (secondary N) is 2. The molecule has 0 aliphatic heterocycles. The molecule has 0 unspecified atom stereocenters. The summed E-state index contributed by atoms with van der Waals surface area (Å²) in [6.07, 6.45) is -2.74. The van der Waals surface area contributed by atoms with E-state index in [-0.39, 0.29) is 19.1 Å². The summed E-state index contributed by atoms with van der Waals surface area (Å²) in [6.45, 7) is 3.10. The number of aromatic nitrogens is 1. The lowest BCUT2D eigenvalue weighted by Gasteiger charge is -2.10. The topological polar surface area (TPSA) is 72.5 Å². The van der Waals surface area contributed by atoms with E-state index in [0.717, 1.165) is 24.4 Å². The predicted octanol–water partition coefficient (Wildman–Crippen LogP) is 3.50. The highest BCUT2D eigenvalue weighted by atomic mass is 19.4. The Hall–Kier alpha value is -2.97. The normalized spacial score (nSPS) is 11.0. The molecule has 28 heavy (non-hydrogen) atoms. The Balaban J connectivity index is 1.63. The van der Waals surface area contributed by atoms with Crippen molar-refractivity contribution in [3.05, 3.63) is 48.2 Å². The van der Waals surface area contributed by atoms with E-state index in [1.807, 2.05) is 6.92 Å². The quantitative estimate of drug-likeness (QED) is 0.601. The van der Waals surface area contributed by atoms with Crippen molar-refractivity contribution in [2.75, 3.05) is 31.6 Å². The Morgan fingerprint density at radius 2 is 1.71 bits per heavy atom. The van der Waals surface area contributed by atoms with Gasteiger partial charge in [-0.1, -0.05) is 6.92 Å². The standard InChI is InChI=1S/C19H22F3N3O3/c1-2-11-27-15-4-6-16(7-5-15)28-13-18(26)24-10-9-23-17-8-3-14(12-25-17)19(20,21)22/h3-8,12H,2,9-11,13H2,1H3,(H,23,25)(H,24,26). The Morgan fingerprint density at radius 3 is 2.29 bits per heavy atom. The number of ether oxygens (including phenoxy) is 2. The number of carbonyl (C=O) groups is 1. The number of benzene rings is 1. The van der Waals surface area contributed by atoms with Gasteiger partial charge in [0.2, 0.25) is 0 Å². The molecular formula is C19H22F3N3O3. The van der Waals surface area contributed by atoms with Crippen LogP contribution >= 0.6 is 0 Å². The van der Waals surface area contributed by atoms with Crippen molar-refractivity contribution >= 4 is 11.7 Å². The summed E-state index contributed by atoms with van der Waals surface area (Å²) in [5.41, 5.74) is -0.812. The molecule has 0 fully saturated rings. The second kappa shape index (κ2) is 10.4. The number of hydrogen-bond acceptors (Lipinski definition) is 5. The van der Waals surface area contributed by atoms with E-state index in [1.165, 1.54) is 6.07 Å². The van der Waals surface area contributed by atoms with Crippen LogP contribution in [0.2, 0.25) is 0 Å². The zero-order chi connectivity index (χ0) is 20.4. The molecule has 1 aromatic carbocycles. The highest BCUT2D eigenvalue weighted by Crippen LogP contribution is 2.28. The van der Waals surface area contributed by atoms with Crippen LogP contribution in [0.1, 0.15) is 18.9 Å². The van der Waals surface area contributed by atoms with E-state index in [1.54, 1.807) is 24.3 Å². The average Bonchev–Trinajstić information content (AvgIpc) is 2.68. The lowest BCUT2D eigenvalue weighted by molar-refractivity contribution is -0.137. The summed E-state index contributed by atoms with van der Waals surface area (Å²) in [6, 6.07) is 9.15. The van der Waals surface area contributed by atoms with E-state index >= 15 is 0 Å². The first-order valence-corrected chi connectivity index (χ1v) is 8.78. The second-order valence-electron chi connectivity index (χ2n) is 5.82. The highest BCUT2D eigenvalue weighted by molar-refractivity contribution is 5.77. The fraction of sp³-hybridized carbons (Fsp3) is 0.368. The first kappa shape index (κ1) is 21.3. The van der Waals surface area contributed by atoms with Crippen LogP contribution in [0.5, 0.6) is 11.5 Å². The van der Waals surface area contributed by atoms with Gasteiger partial charge in [0.25, 0.3) is 5.91 Å². The molecule has 1 aromatic heterocycles. The largest absolute Gasteiger partial charge is 0.494 e. The maximum Gasteiger partial charge on any atom is 0.417 e. The third-order valence-corrected chi connectivity index (χ3v) is 3.51. The molecule has 2 aromatic rings. The number of nitrogens with zero attached hydrogens (tertiary/aromatic N) is 1. The number of amides is 1. The monoisotopic (exact) mass is 397 g/mol. The van der Waals surface area contributed by atoms with Gasteiger partial charge in [0.1, 0.15) is 17.3 Å². The summed E-state index contributed by atoms with van der Waals surface area (Å²) >= 11 is 0. The fourth-order valence-electron chi connectivity index (χ4n) is 2.11. The molecule has 2 rings (SSSR count). The maximum absolute atomic E-state index is 12.5. The van der Waals surface area contributed by atoms with Gasteiger partial charge in [0, 0.05) is 19.3 Å². The van der Waals surface area contributed by atoms with Crippen LogP contribution in [0.3, 0.4) is 0 Å². The van der Waals surface area contributed by atoms with Gasteiger partial charge >= 0.3 is 6.18 Å². The van der Waals surface area contributed by atoms with E-state index in [0.29, 0.717) is 24.7 Å². The molecule has 1 amide bonds. The first-order chi connectivity index (χ1) is 13.4. The number of pyridine rings is 1. The van der Waals surface area contributed by atoms with Crippen molar-refractivity contribution in [2.24, 2.45) is 0 Å². The Morgan fingerprint density at radius 1 is 1.04 bits per heavy atom. The number of carbonyl (C=O) groups excluding carboxylic acids is 1. The third kappa shape index (κ3) is 7.34. The van der Waals surface area contributed by atoms with Crippen molar-refractivity contribution in [2.45, 2.75) is 19.5 Å². The van der Waals surface area contributed by atoms with Crippen molar-refractivity contribution in [1.29, 1.82) is 0 Å². The Labute approximate surface area is 161 Å². The summed E-state index contributed by atoms with van der Waals surface area (Å²) < 4.78 is 48.2. The zero-order valence-corrected chi connectivity index (χ0v) is 15.4. The van der Waals surface area contributed by atoms with Crippen LogP contribution in [0.25, 0.3) is 0 Å². The molecule has 0 radical (unpaired) electrons. The number of halogens is 3. The van der Waals surface area contributed by atoms with Crippen LogP contribution in [0, 0.1) is 0 Å². The summed E-state index contributed by atoms with van der Waals surface area (Å²) in [7, 11) is 0. The summed E-state index contributed by atoms with van der Waals surface area (Å²) in [5, 5.41) is 5.47. The minimum absolute atomic E-state index is 0.145. The van der Waals surface area contributed by atoms with Gasteiger partial charge < -0.3 is 20.1 Å². The molecular weight excluding hydrogens is 375 g/mol. The molecule has 0 saturated carbocycles. The molecule has 0 saturated heterocycles. The SMILES string of the molecule is CCCOc1ccc(OCC(=O)NCCNc2ccc(C(F)(F)F)cn2)cc1. The summed E-state index contributed by atoms with van der Waals surface area (Å²) in [4.78, 5) is 15.4. The van der Waals surface area contributed by atoms with E-state index in [9.17, 15) is 18.0 Å². The van der Waals surface area contributed by atoms with Gasteiger partial charge in [-0.3, -0.25) is 4.79 Å². The third-order valence-electron chi connectivity index (χ3n) is 3.51. The van der Waals surface area contributed by atoms with Gasteiger partial charge in [0.05, 0.1) is 12.2 Å². The molecule has 0 spiro atoms. The Kier molecular flexibility index (Phi) is 7.91. The second-order valence-corrected chi connectivity index (χ2v) is 5.82. The van der Waals surface area contributed by atoms with Crippen LogP contribution in [0.4, 0.5) is 19.0 Å². The van der Waals surface area contributed by atoms with E-state index in [4.69, 9.17) is 9.47 Å². The lowest BCUT2D eigenvalue weighted by Crippen LogP contribution is -2.32. The van der Waals surface area contributed by atoms with Crippen molar-refractivity contribution in [1.82, 2.24) is 10.3 Å². The fourth-order valence-corrected chi connectivity index (χ4v) is 2.11. The number of anilines is 1. The van der Waals surface area contributed by atoms with E-state index in [2.05, 4.69) is 15.6 Å². The molecule has 9 heteroatoms. The maximum atomic E-state index is 12.5. The molecule has 152 valence electrons. The van der Waals surface area contributed by atoms with Crippen molar-refractivity contribution in [3.63, 3.8) is 0 Å². The molecule has 6 nitrogen and oxygen atoms in total. The predicted molar refractivity (Wildman–Crippen MR) is 98.5 cm³/mol. The average molecular weight is 397 g/mol. The minimum Gasteiger partial charge on any atom is -0.494 e. The van der Waals surface area contributed by atoms with Gasteiger partial charge in [-0.2, -0.15) is 13.2 Å². The number of hydrogen-bond donors (Lipinski definition) is 2. The Bertz CT molecular complexity index is 735. The van der Waals surface area contributed by atoms with Gasteiger partial charge in [0.15, 0.2) is 6.61 Å². The molecule has 0 atom stereocenters. The van der Waals surface area contributed by atoms with Crippen molar-refractivity contribution in [3.8, 4) is 11.5 Å². The van der Waals surface area contributed by atoms with Crippen molar-refractivity contribution < 1.29 is 27.4 Å². The minimum atomic E-state index is -4.41. The zero-order valence-electron chi connectivity index (χ0n) is 15.4. The molecule has 1 heterocycles. The first-order valence-electron chi connectivity index (χ1n) is 8.78. The van der Waals surface area contributed by atoms with Crippen LogP contribution < -0.4 is 20.1 Å². The van der Waals surface area contributed by atoms with Gasteiger partial charge in [-0.05, 0) is 42.8 Å². The van der Waals surface area contributed by atoms with Gasteiger partial charge in [-0.15, -0.1) is 0 Å².